The fourth-order valence-corrected chi connectivity index (χ4v) is 2.81. The molecule has 0 unspecified atom stereocenters. The van der Waals surface area contributed by atoms with Gasteiger partial charge in [-0.1, -0.05) is 49.7 Å². The molecule has 136 valence electrons. The third-order valence-corrected chi connectivity index (χ3v) is 4.28. The molecule has 0 aliphatic heterocycles. The average Bonchev–Trinajstić information content (AvgIpc) is 2.69. The van der Waals surface area contributed by atoms with Crippen molar-refractivity contribution in [1.29, 1.82) is 5.26 Å². The number of alkyl halides is 2. The van der Waals surface area contributed by atoms with Gasteiger partial charge in [0.2, 0.25) is 0 Å². The van der Waals surface area contributed by atoms with Crippen molar-refractivity contribution in [1.82, 2.24) is 0 Å². The SMILES string of the molecule is CCCc1ccc(C(F)(F)Oc2ccc(-c3ccc(C#N)cc3)cc2)cc1. The summed E-state index contributed by atoms with van der Waals surface area (Å²) in [5, 5.41) is 8.84. The predicted octanol–water partition coefficient (Wildman–Crippen LogP) is 6.31. The molecular formula is C23H19F2NO. The molecule has 0 fully saturated rings. The van der Waals surface area contributed by atoms with E-state index in [1.165, 1.54) is 24.3 Å². The quantitative estimate of drug-likeness (QED) is 0.514. The minimum absolute atomic E-state index is 0.0926. The number of hydrogen-bond acceptors (Lipinski definition) is 2. The third kappa shape index (κ3) is 4.51. The summed E-state index contributed by atoms with van der Waals surface area (Å²) < 4.78 is 33.8. The monoisotopic (exact) mass is 363 g/mol. The second-order valence-electron chi connectivity index (χ2n) is 6.28. The molecule has 0 amide bonds. The maximum Gasteiger partial charge on any atom is 0.426 e. The molecule has 0 N–H and O–H groups in total. The Hall–Kier alpha value is -3.19. The van der Waals surface area contributed by atoms with Crippen LogP contribution < -0.4 is 4.74 Å². The first-order valence-electron chi connectivity index (χ1n) is 8.78. The molecular weight excluding hydrogens is 344 g/mol. The second kappa shape index (κ2) is 8.01. The molecule has 3 rings (SSSR count). The van der Waals surface area contributed by atoms with E-state index in [9.17, 15) is 8.78 Å². The molecule has 0 aliphatic rings. The molecule has 0 bridgehead atoms. The van der Waals surface area contributed by atoms with Gasteiger partial charge < -0.3 is 4.74 Å². The lowest BCUT2D eigenvalue weighted by atomic mass is 10.0. The van der Waals surface area contributed by atoms with Gasteiger partial charge in [-0.2, -0.15) is 14.0 Å². The van der Waals surface area contributed by atoms with E-state index in [1.54, 1.807) is 36.4 Å². The third-order valence-electron chi connectivity index (χ3n) is 4.28. The number of rotatable bonds is 6. The standard InChI is InChI=1S/C23H19F2NO/c1-2-3-17-6-12-21(13-7-17)23(24,25)27-22-14-10-20(11-15-22)19-8-4-18(16-26)5-9-19/h4-15H,2-3H2,1H3. The number of ether oxygens (including phenoxy) is 1. The van der Waals surface area contributed by atoms with Crippen molar-refractivity contribution >= 4 is 0 Å². The van der Waals surface area contributed by atoms with Crippen molar-refractivity contribution in [2.24, 2.45) is 0 Å². The summed E-state index contributed by atoms with van der Waals surface area (Å²) in [6, 6.07) is 21.9. The van der Waals surface area contributed by atoms with Crippen LogP contribution in [0.2, 0.25) is 0 Å². The largest absolute Gasteiger partial charge is 0.429 e. The van der Waals surface area contributed by atoms with Gasteiger partial charge in [-0.25, -0.2) is 0 Å². The Labute approximate surface area is 157 Å². The van der Waals surface area contributed by atoms with E-state index in [2.05, 4.69) is 6.07 Å². The number of nitriles is 1. The summed E-state index contributed by atoms with van der Waals surface area (Å²) >= 11 is 0. The zero-order valence-electron chi connectivity index (χ0n) is 15.0. The van der Waals surface area contributed by atoms with Crippen molar-refractivity contribution < 1.29 is 13.5 Å². The molecule has 0 aliphatic carbocycles. The van der Waals surface area contributed by atoms with Crippen LogP contribution >= 0.6 is 0 Å². The Morgan fingerprint density at radius 3 is 1.93 bits per heavy atom. The number of hydrogen-bond donors (Lipinski definition) is 0. The fourth-order valence-electron chi connectivity index (χ4n) is 2.81. The van der Waals surface area contributed by atoms with E-state index in [0.717, 1.165) is 29.5 Å². The molecule has 27 heavy (non-hydrogen) atoms. The zero-order valence-corrected chi connectivity index (χ0v) is 15.0. The van der Waals surface area contributed by atoms with Gasteiger partial charge in [-0.05, 0) is 59.5 Å². The number of halogens is 2. The molecule has 0 radical (unpaired) electrons. The second-order valence-corrected chi connectivity index (χ2v) is 6.28. The molecule has 0 aromatic heterocycles. The highest BCUT2D eigenvalue weighted by Crippen LogP contribution is 2.33. The molecule has 4 heteroatoms. The molecule has 2 nitrogen and oxygen atoms in total. The minimum atomic E-state index is -3.40. The first-order valence-corrected chi connectivity index (χ1v) is 8.78. The highest BCUT2D eigenvalue weighted by atomic mass is 19.3. The first kappa shape index (κ1) is 18.6. The lowest BCUT2D eigenvalue weighted by Gasteiger charge is -2.19. The smallest absolute Gasteiger partial charge is 0.426 e. The minimum Gasteiger partial charge on any atom is -0.429 e. The molecule has 0 saturated carbocycles. The Bertz CT molecular complexity index is 924. The van der Waals surface area contributed by atoms with Crippen molar-refractivity contribution in [2.75, 3.05) is 0 Å². The van der Waals surface area contributed by atoms with Gasteiger partial charge in [0.05, 0.1) is 17.2 Å². The van der Waals surface area contributed by atoms with Gasteiger partial charge in [0, 0.05) is 0 Å². The van der Waals surface area contributed by atoms with Crippen LogP contribution in [0.25, 0.3) is 11.1 Å². The molecule has 0 spiro atoms. The highest BCUT2D eigenvalue weighted by Gasteiger charge is 2.34. The summed E-state index contributed by atoms with van der Waals surface area (Å²) in [6.45, 7) is 2.05. The zero-order chi connectivity index (χ0) is 19.3. The lowest BCUT2D eigenvalue weighted by Crippen LogP contribution is -2.21. The molecule has 0 saturated heterocycles. The normalized spacial score (nSPS) is 11.0. The topological polar surface area (TPSA) is 33.0 Å². The van der Waals surface area contributed by atoms with Gasteiger partial charge >= 0.3 is 6.11 Å². The van der Waals surface area contributed by atoms with E-state index in [0.29, 0.717) is 5.56 Å². The lowest BCUT2D eigenvalue weighted by molar-refractivity contribution is -0.185. The maximum atomic E-state index is 14.4. The van der Waals surface area contributed by atoms with Gasteiger partial charge in [0.1, 0.15) is 5.75 Å². The maximum absolute atomic E-state index is 14.4. The summed E-state index contributed by atoms with van der Waals surface area (Å²) in [5.74, 6) is 0.0926. The van der Waals surface area contributed by atoms with E-state index in [-0.39, 0.29) is 11.3 Å². The number of aryl methyl sites for hydroxylation is 1. The predicted molar refractivity (Wildman–Crippen MR) is 102 cm³/mol. The van der Waals surface area contributed by atoms with Crippen molar-refractivity contribution in [3.63, 3.8) is 0 Å². The van der Waals surface area contributed by atoms with Crippen molar-refractivity contribution in [3.05, 3.63) is 89.5 Å². The number of benzene rings is 3. The molecule has 0 heterocycles. The van der Waals surface area contributed by atoms with Crippen molar-refractivity contribution in [3.8, 4) is 22.9 Å². The van der Waals surface area contributed by atoms with Crippen LogP contribution in [0.1, 0.15) is 30.0 Å². The van der Waals surface area contributed by atoms with E-state index >= 15 is 0 Å². The van der Waals surface area contributed by atoms with Gasteiger partial charge in [0.25, 0.3) is 0 Å². The van der Waals surface area contributed by atoms with Crippen LogP contribution in [0, 0.1) is 11.3 Å². The van der Waals surface area contributed by atoms with E-state index in [1.807, 2.05) is 19.1 Å². The van der Waals surface area contributed by atoms with Crippen LogP contribution in [0.3, 0.4) is 0 Å². The molecule has 0 atom stereocenters. The van der Waals surface area contributed by atoms with Crippen LogP contribution in [-0.4, -0.2) is 0 Å². The van der Waals surface area contributed by atoms with Gasteiger partial charge in [0.15, 0.2) is 0 Å². The Morgan fingerprint density at radius 2 is 1.41 bits per heavy atom. The van der Waals surface area contributed by atoms with Gasteiger partial charge in [-0.3, -0.25) is 0 Å². The van der Waals surface area contributed by atoms with Crippen LogP contribution in [0.5, 0.6) is 5.75 Å². The highest BCUT2D eigenvalue weighted by molar-refractivity contribution is 5.65. The van der Waals surface area contributed by atoms with E-state index in [4.69, 9.17) is 10.00 Å². The average molecular weight is 363 g/mol. The summed E-state index contributed by atoms with van der Waals surface area (Å²) in [6.07, 6.45) is -1.57. The summed E-state index contributed by atoms with van der Waals surface area (Å²) in [4.78, 5) is 0. The summed E-state index contributed by atoms with van der Waals surface area (Å²) in [7, 11) is 0. The fraction of sp³-hybridized carbons (Fsp3) is 0.174. The summed E-state index contributed by atoms with van der Waals surface area (Å²) in [5.41, 5.74) is 3.20. The van der Waals surface area contributed by atoms with Crippen molar-refractivity contribution in [2.45, 2.75) is 25.9 Å². The Balaban J connectivity index is 1.73. The van der Waals surface area contributed by atoms with E-state index < -0.39 is 6.11 Å². The number of nitrogens with zero attached hydrogens (tertiary/aromatic N) is 1. The Morgan fingerprint density at radius 1 is 0.852 bits per heavy atom. The molecule has 3 aromatic carbocycles. The molecule has 3 aromatic rings. The Kier molecular flexibility index (Phi) is 5.52. The van der Waals surface area contributed by atoms with Crippen LogP contribution in [0.15, 0.2) is 72.8 Å². The van der Waals surface area contributed by atoms with Crippen LogP contribution in [-0.2, 0) is 12.5 Å². The van der Waals surface area contributed by atoms with Gasteiger partial charge in [-0.15, -0.1) is 0 Å². The van der Waals surface area contributed by atoms with Crippen LogP contribution in [0.4, 0.5) is 8.78 Å². The first-order chi connectivity index (χ1) is 13.0.